The van der Waals surface area contributed by atoms with Gasteiger partial charge in [-0.25, -0.2) is 4.79 Å². The second kappa shape index (κ2) is 10.9. The van der Waals surface area contributed by atoms with E-state index in [0.717, 1.165) is 63.7 Å². The Kier molecular flexibility index (Phi) is 10.3. The fraction of sp³-hybridized carbons (Fsp3) is 0.812. The molecule has 0 aromatic carbocycles. The Balaban J connectivity index is 4.98. The second-order valence-corrected chi connectivity index (χ2v) is 5.17. The summed E-state index contributed by atoms with van der Waals surface area (Å²) < 4.78 is 0. The van der Waals surface area contributed by atoms with Crippen LogP contribution in [0, 0.1) is 0 Å². The summed E-state index contributed by atoms with van der Waals surface area (Å²) in [6.07, 6.45) is 7.62. The maximum Gasteiger partial charge on any atom is 0.333 e. The van der Waals surface area contributed by atoms with Crippen molar-refractivity contribution in [3.63, 3.8) is 0 Å². The first-order valence-corrected chi connectivity index (χ1v) is 7.76. The van der Waals surface area contributed by atoms with Gasteiger partial charge in [-0.1, -0.05) is 40.0 Å². The fourth-order valence-corrected chi connectivity index (χ4v) is 2.13. The summed E-state index contributed by atoms with van der Waals surface area (Å²) in [5.74, 6) is -0.774. The number of carbonyl (C=O) groups is 1. The van der Waals surface area contributed by atoms with Gasteiger partial charge in [-0.15, -0.1) is 0 Å². The van der Waals surface area contributed by atoms with Gasteiger partial charge in [0.05, 0.1) is 5.57 Å². The molecule has 0 fully saturated rings. The van der Waals surface area contributed by atoms with E-state index in [0.29, 0.717) is 5.57 Å². The van der Waals surface area contributed by atoms with Crippen LogP contribution in [0.2, 0.25) is 0 Å². The summed E-state index contributed by atoms with van der Waals surface area (Å²) in [5.41, 5.74) is 1.58. The number of carboxylic acid groups (broad SMARTS) is 1. The number of aliphatic carboxylic acids is 1. The van der Waals surface area contributed by atoms with Crippen molar-refractivity contribution >= 4 is 5.97 Å². The van der Waals surface area contributed by atoms with Gasteiger partial charge in [0.2, 0.25) is 0 Å². The zero-order valence-electron chi connectivity index (χ0n) is 13.2. The Hall–Kier alpha value is -0.990. The molecule has 0 atom stereocenters. The van der Waals surface area contributed by atoms with E-state index in [1.165, 1.54) is 0 Å². The first kappa shape index (κ1) is 18.0. The maximum atomic E-state index is 11.3. The lowest BCUT2D eigenvalue weighted by molar-refractivity contribution is -0.132. The molecule has 0 aromatic heterocycles. The molecule has 0 unspecified atom stereocenters. The number of unbranched alkanes of at least 4 members (excludes halogenated alkanes) is 3. The molecular weight excluding hydrogens is 238 g/mol. The lowest BCUT2D eigenvalue weighted by atomic mass is 10.1. The maximum absolute atomic E-state index is 11.3. The summed E-state index contributed by atoms with van der Waals surface area (Å²) in [6.45, 7) is 10.2. The van der Waals surface area contributed by atoms with Gasteiger partial charge in [0.15, 0.2) is 0 Å². The average molecular weight is 269 g/mol. The highest BCUT2D eigenvalue weighted by atomic mass is 16.4. The van der Waals surface area contributed by atoms with E-state index in [1.807, 2.05) is 0 Å². The quantitative estimate of drug-likeness (QED) is 0.564. The lowest BCUT2D eigenvalue weighted by Gasteiger charge is -2.29. The van der Waals surface area contributed by atoms with E-state index in [2.05, 4.69) is 25.7 Å². The molecule has 3 heteroatoms. The standard InChI is InChI=1S/C16H31NO2/c1-5-8-11-15(14(4)16(18)19)17(12-9-6-2)13-10-7-3/h5-13H2,1-4H3,(H,18,19)/b15-14+. The van der Waals surface area contributed by atoms with Crippen LogP contribution in [0.15, 0.2) is 11.3 Å². The largest absolute Gasteiger partial charge is 0.478 e. The first-order valence-electron chi connectivity index (χ1n) is 7.76. The van der Waals surface area contributed by atoms with Gasteiger partial charge < -0.3 is 10.0 Å². The normalized spacial score (nSPS) is 12.2. The molecule has 0 bridgehead atoms. The molecule has 0 saturated carbocycles. The topological polar surface area (TPSA) is 40.5 Å². The van der Waals surface area contributed by atoms with Crippen LogP contribution in [0.25, 0.3) is 0 Å². The van der Waals surface area contributed by atoms with Crippen LogP contribution in [0.4, 0.5) is 0 Å². The third-order valence-electron chi connectivity index (χ3n) is 3.47. The monoisotopic (exact) mass is 269 g/mol. The smallest absolute Gasteiger partial charge is 0.333 e. The molecule has 112 valence electrons. The van der Waals surface area contributed by atoms with Crippen LogP contribution in [-0.4, -0.2) is 29.1 Å². The number of allylic oxidation sites excluding steroid dienone is 1. The molecule has 19 heavy (non-hydrogen) atoms. The van der Waals surface area contributed by atoms with Crippen LogP contribution in [0.5, 0.6) is 0 Å². The minimum atomic E-state index is -0.774. The van der Waals surface area contributed by atoms with Crippen molar-refractivity contribution in [2.24, 2.45) is 0 Å². The number of rotatable bonds is 11. The number of nitrogens with zero attached hydrogens (tertiary/aromatic N) is 1. The summed E-state index contributed by atoms with van der Waals surface area (Å²) >= 11 is 0. The van der Waals surface area contributed by atoms with Crippen molar-refractivity contribution in [3.05, 3.63) is 11.3 Å². The molecule has 0 aliphatic carbocycles. The van der Waals surface area contributed by atoms with E-state index >= 15 is 0 Å². The summed E-state index contributed by atoms with van der Waals surface area (Å²) in [4.78, 5) is 13.6. The molecule has 0 spiro atoms. The van der Waals surface area contributed by atoms with Crippen molar-refractivity contribution in [1.82, 2.24) is 4.90 Å². The van der Waals surface area contributed by atoms with Crippen LogP contribution in [0.3, 0.4) is 0 Å². The van der Waals surface area contributed by atoms with Crippen LogP contribution < -0.4 is 0 Å². The van der Waals surface area contributed by atoms with Gasteiger partial charge in [0.1, 0.15) is 0 Å². The second-order valence-electron chi connectivity index (χ2n) is 5.17. The van der Waals surface area contributed by atoms with Gasteiger partial charge >= 0.3 is 5.97 Å². The van der Waals surface area contributed by atoms with Crippen LogP contribution in [0.1, 0.15) is 72.6 Å². The van der Waals surface area contributed by atoms with Crippen molar-refractivity contribution < 1.29 is 9.90 Å². The van der Waals surface area contributed by atoms with E-state index in [9.17, 15) is 9.90 Å². The van der Waals surface area contributed by atoms with Gasteiger partial charge in [-0.2, -0.15) is 0 Å². The predicted octanol–water partition coefficient (Wildman–Crippen LogP) is 4.44. The molecule has 0 rings (SSSR count). The molecule has 0 aromatic rings. The number of hydrogen-bond acceptors (Lipinski definition) is 2. The third-order valence-corrected chi connectivity index (χ3v) is 3.47. The van der Waals surface area contributed by atoms with Crippen LogP contribution in [-0.2, 0) is 4.79 Å². The van der Waals surface area contributed by atoms with E-state index in [1.54, 1.807) is 6.92 Å². The Morgan fingerprint density at radius 1 is 0.947 bits per heavy atom. The molecule has 0 aliphatic rings. The van der Waals surface area contributed by atoms with E-state index < -0.39 is 5.97 Å². The van der Waals surface area contributed by atoms with Gasteiger partial charge in [-0.3, -0.25) is 0 Å². The fourth-order valence-electron chi connectivity index (χ4n) is 2.13. The van der Waals surface area contributed by atoms with E-state index in [4.69, 9.17) is 0 Å². The minimum Gasteiger partial charge on any atom is -0.478 e. The SMILES string of the molecule is CCCC/C(=C(/C)C(=O)O)N(CCCC)CCCC. The molecule has 0 heterocycles. The molecule has 3 nitrogen and oxygen atoms in total. The number of carboxylic acids is 1. The van der Waals surface area contributed by atoms with Gasteiger partial charge in [-0.05, 0) is 32.6 Å². The summed E-state index contributed by atoms with van der Waals surface area (Å²) in [6, 6.07) is 0. The van der Waals surface area contributed by atoms with Crippen molar-refractivity contribution in [2.75, 3.05) is 13.1 Å². The Labute approximate surface area is 118 Å². The minimum absolute atomic E-state index is 0.528. The van der Waals surface area contributed by atoms with Crippen molar-refractivity contribution in [3.8, 4) is 0 Å². The summed E-state index contributed by atoms with van der Waals surface area (Å²) in [7, 11) is 0. The van der Waals surface area contributed by atoms with Gasteiger partial charge in [0, 0.05) is 18.8 Å². The Morgan fingerprint density at radius 3 is 1.79 bits per heavy atom. The molecule has 0 radical (unpaired) electrons. The molecule has 1 N–H and O–H groups in total. The molecule has 0 saturated heterocycles. The average Bonchev–Trinajstić information content (AvgIpc) is 2.40. The Bertz CT molecular complexity index is 276. The summed E-state index contributed by atoms with van der Waals surface area (Å²) in [5, 5.41) is 9.27. The van der Waals surface area contributed by atoms with Crippen molar-refractivity contribution in [1.29, 1.82) is 0 Å². The molecule has 0 aliphatic heterocycles. The zero-order valence-corrected chi connectivity index (χ0v) is 13.2. The molecular formula is C16H31NO2. The number of hydrogen-bond donors (Lipinski definition) is 1. The highest BCUT2D eigenvalue weighted by Crippen LogP contribution is 2.19. The zero-order chi connectivity index (χ0) is 14.7. The first-order chi connectivity index (χ1) is 9.08. The highest BCUT2D eigenvalue weighted by molar-refractivity contribution is 5.86. The lowest BCUT2D eigenvalue weighted by Crippen LogP contribution is -2.27. The third kappa shape index (κ3) is 7.24. The van der Waals surface area contributed by atoms with E-state index in [-0.39, 0.29) is 0 Å². The van der Waals surface area contributed by atoms with Crippen molar-refractivity contribution in [2.45, 2.75) is 72.6 Å². The molecule has 0 amide bonds. The predicted molar refractivity (Wildman–Crippen MR) is 81.2 cm³/mol. The highest BCUT2D eigenvalue weighted by Gasteiger charge is 2.15. The Morgan fingerprint density at radius 2 is 1.42 bits per heavy atom. The van der Waals surface area contributed by atoms with Gasteiger partial charge in [0.25, 0.3) is 0 Å². The van der Waals surface area contributed by atoms with Crippen LogP contribution >= 0.6 is 0 Å².